The Labute approximate surface area is 150 Å². The van der Waals surface area contributed by atoms with Crippen LogP contribution in [0.2, 0.25) is 10.0 Å². The lowest BCUT2D eigenvalue weighted by atomic mass is 9.99. The van der Waals surface area contributed by atoms with Gasteiger partial charge in [-0.05, 0) is 32.0 Å². The summed E-state index contributed by atoms with van der Waals surface area (Å²) in [4.78, 5) is 19.1. The number of hydrogen-bond donors (Lipinski definition) is 1. The summed E-state index contributed by atoms with van der Waals surface area (Å²) < 4.78 is 0. The molecule has 1 aliphatic heterocycles. The SMILES string of the molecule is CN1C(=O)C(C)(C)N=C(c2ccccc2Cl)c2cc(N)cc(Cl)c21. The van der Waals surface area contributed by atoms with Gasteiger partial charge in [-0.25, -0.2) is 0 Å². The molecule has 2 N–H and O–H groups in total. The van der Waals surface area contributed by atoms with E-state index in [4.69, 9.17) is 33.9 Å². The van der Waals surface area contributed by atoms with Crippen LogP contribution in [0.15, 0.2) is 41.4 Å². The van der Waals surface area contributed by atoms with Crippen molar-refractivity contribution in [2.45, 2.75) is 19.4 Å². The monoisotopic (exact) mass is 361 g/mol. The van der Waals surface area contributed by atoms with Crippen molar-refractivity contribution >= 4 is 46.2 Å². The number of aliphatic imine (C=N–C) groups is 1. The van der Waals surface area contributed by atoms with Crippen molar-refractivity contribution in [3.8, 4) is 0 Å². The van der Waals surface area contributed by atoms with Gasteiger partial charge in [-0.15, -0.1) is 0 Å². The Bertz CT molecular complexity index is 875. The maximum Gasteiger partial charge on any atom is 0.254 e. The van der Waals surface area contributed by atoms with Crippen LogP contribution < -0.4 is 10.6 Å². The Balaban J connectivity index is 2.41. The molecule has 24 heavy (non-hydrogen) atoms. The molecule has 0 bridgehead atoms. The first-order chi connectivity index (χ1) is 11.2. The van der Waals surface area contributed by atoms with Crippen LogP contribution in [0.3, 0.4) is 0 Å². The number of carbonyl (C=O) groups excluding carboxylic acids is 1. The average molecular weight is 362 g/mol. The Morgan fingerprint density at radius 1 is 1.08 bits per heavy atom. The summed E-state index contributed by atoms with van der Waals surface area (Å²) in [7, 11) is 1.69. The molecule has 0 saturated heterocycles. The van der Waals surface area contributed by atoms with Crippen LogP contribution in [-0.2, 0) is 4.79 Å². The highest BCUT2D eigenvalue weighted by Crippen LogP contribution is 2.38. The number of hydrogen-bond acceptors (Lipinski definition) is 3. The molecule has 1 amide bonds. The summed E-state index contributed by atoms with van der Waals surface area (Å²) in [6, 6.07) is 10.8. The average Bonchev–Trinajstić information content (AvgIpc) is 2.57. The number of likely N-dealkylation sites (N-methyl/N-ethyl adjacent to an activating group) is 1. The maximum absolute atomic E-state index is 12.8. The molecule has 0 radical (unpaired) electrons. The van der Waals surface area contributed by atoms with Crippen LogP contribution >= 0.6 is 23.2 Å². The van der Waals surface area contributed by atoms with Crippen LogP contribution in [0.4, 0.5) is 11.4 Å². The lowest BCUT2D eigenvalue weighted by molar-refractivity contribution is -0.122. The molecule has 2 aromatic rings. The number of rotatable bonds is 1. The highest BCUT2D eigenvalue weighted by Gasteiger charge is 2.37. The second-order valence-corrected chi connectivity index (χ2v) is 7.08. The largest absolute Gasteiger partial charge is 0.399 e. The number of anilines is 2. The first kappa shape index (κ1) is 16.8. The standard InChI is InChI=1S/C18H17Cl2N3O/c1-18(2)17(24)23(3)16-12(8-10(21)9-14(16)20)15(22-18)11-6-4-5-7-13(11)19/h4-9H,21H2,1-3H3. The zero-order chi connectivity index (χ0) is 17.6. The van der Waals surface area contributed by atoms with E-state index in [1.165, 1.54) is 4.90 Å². The van der Waals surface area contributed by atoms with Crippen molar-refractivity contribution in [3.05, 3.63) is 57.6 Å². The summed E-state index contributed by atoms with van der Waals surface area (Å²) in [5.74, 6) is -0.155. The minimum Gasteiger partial charge on any atom is -0.399 e. The third kappa shape index (κ3) is 2.66. The zero-order valence-electron chi connectivity index (χ0n) is 13.6. The molecule has 0 aliphatic carbocycles. The summed E-state index contributed by atoms with van der Waals surface area (Å²) in [5.41, 5.74) is 8.14. The zero-order valence-corrected chi connectivity index (χ0v) is 15.1. The summed E-state index contributed by atoms with van der Waals surface area (Å²) in [5, 5.41) is 0.951. The van der Waals surface area contributed by atoms with Crippen LogP contribution in [-0.4, -0.2) is 24.2 Å². The van der Waals surface area contributed by atoms with Crippen molar-refractivity contribution in [1.29, 1.82) is 0 Å². The number of benzene rings is 2. The van der Waals surface area contributed by atoms with Gasteiger partial charge in [-0.2, -0.15) is 0 Å². The molecule has 1 aliphatic rings. The molecule has 0 fully saturated rings. The molecule has 0 spiro atoms. The van der Waals surface area contributed by atoms with E-state index in [0.29, 0.717) is 32.7 Å². The lowest BCUT2D eigenvalue weighted by Crippen LogP contribution is -2.41. The van der Waals surface area contributed by atoms with Crippen LogP contribution in [0, 0.1) is 0 Å². The van der Waals surface area contributed by atoms with Crippen molar-refractivity contribution in [2.24, 2.45) is 4.99 Å². The highest BCUT2D eigenvalue weighted by atomic mass is 35.5. The molecule has 1 heterocycles. The van der Waals surface area contributed by atoms with Crippen LogP contribution in [0.25, 0.3) is 0 Å². The number of carbonyl (C=O) groups is 1. The number of nitrogens with two attached hydrogens (primary N) is 1. The lowest BCUT2D eigenvalue weighted by Gasteiger charge is -2.25. The predicted octanol–water partition coefficient (Wildman–Crippen LogP) is 4.17. The van der Waals surface area contributed by atoms with Crippen molar-refractivity contribution in [2.75, 3.05) is 17.7 Å². The number of halogens is 2. The van der Waals surface area contributed by atoms with E-state index >= 15 is 0 Å². The van der Waals surface area contributed by atoms with Gasteiger partial charge >= 0.3 is 0 Å². The topological polar surface area (TPSA) is 58.7 Å². The number of nitrogen functional groups attached to an aromatic ring is 1. The molecule has 0 atom stereocenters. The molecule has 124 valence electrons. The van der Waals surface area contributed by atoms with Crippen molar-refractivity contribution < 1.29 is 4.79 Å². The van der Waals surface area contributed by atoms with Crippen molar-refractivity contribution in [1.82, 2.24) is 0 Å². The van der Waals surface area contributed by atoms with Crippen molar-refractivity contribution in [3.63, 3.8) is 0 Å². The summed E-state index contributed by atoms with van der Waals surface area (Å²) in [6.07, 6.45) is 0. The van der Waals surface area contributed by atoms with Gasteiger partial charge in [0.25, 0.3) is 5.91 Å². The van der Waals surface area contributed by atoms with Gasteiger partial charge in [0.15, 0.2) is 0 Å². The molecule has 0 aromatic heterocycles. The fourth-order valence-electron chi connectivity index (χ4n) is 2.90. The minimum absolute atomic E-state index is 0.155. The fraction of sp³-hybridized carbons (Fsp3) is 0.222. The van der Waals surface area contributed by atoms with Crippen LogP contribution in [0.5, 0.6) is 0 Å². The quantitative estimate of drug-likeness (QED) is 0.774. The van der Waals surface area contributed by atoms with E-state index in [2.05, 4.69) is 0 Å². The maximum atomic E-state index is 12.8. The predicted molar refractivity (Wildman–Crippen MR) is 100 cm³/mol. The molecule has 3 rings (SSSR count). The van der Waals surface area contributed by atoms with E-state index in [1.54, 1.807) is 39.1 Å². The van der Waals surface area contributed by atoms with E-state index < -0.39 is 5.54 Å². The summed E-state index contributed by atoms with van der Waals surface area (Å²) >= 11 is 12.8. The minimum atomic E-state index is -0.958. The molecule has 6 heteroatoms. The van der Waals surface area contributed by atoms with Gasteiger partial charge in [0.1, 0.15) is 5.54 Å². The van der Waals surface area contributed by atoms with E-state index in [0.717, 1.165) is 5.56 Å². The van der Waals surface area contributed by atoms with Gasteiger partial charge in [0, 0.05) is 28.9 Å². The molecule has 0 unspecified atom stereocenters. The number of benzodiazepines with no additional fused rings is 1. The highest BCUT2D eigenvalue weighted by molar-refractivity contribution is 6.39. The second kappa shape index (κ2) is 5.80. The number of nitrogens with zero attached hydrogens (tertiary/aromatic N) is 2. The normalized spacial score (nSPS) is 16.5. The van der Waals surface area contributed by atoms with Gasteiger partial charge < -0.3 is 10.6 Å². The first-order valence-electron chi connectivity index (χ1n) is 7.44. The Morgan fingerprint density at radius 2 is 1.75 bits per heavy atom. The number of fused-ring (bicyclic) bond motifs is 1. The molecule has 2 aromatic carbocycles. The third-order valence-electron chi connectivity index (χ3n) is 4.02. The fourth-order valence-corrected chi connectivity index (χ4v) is 3.48. The molecular formula is C18H17Cl2N3O. The van der Waals surface area contributed by atoms with Gasteiger partial charge in [0.05, 0.1) is 16.4 Å². The smallest absolute Gasteiger partial charge is 0.254 e. The molecule has 0 saturated carbocycles. The van der Waals surface area contributed by atoms with E-state index in [9.17, 15) is 4.79 Å². The van der Waals surface area contributed by atoms with Gasteiger partial charge in [-0.1, -0.05) is 41.4 Å². The van der Waals surface area contributed by atoms with E-state index in [1.807, 2.05) is 18.2 Å². The molecular weight excluding hydrogens is 345 g/mol. The Hall–Kier alpha value is -2.04. The van der Waals surface area contributed by atoms with Gasteiger partial charge in [-0.3, -0.25) is 9.79 Å². The van der Waals surface area contributed by atoms with Gasteiger partial charge in [0.2, 0.25) is 0 Å². The third-order valence-corrected chi connectivity index (χ3v) is 4.64. The first-order valence-corrected chi connectivity index (χ1v) is 8.20. The molecule has 4 nitrogen and oxygen atoms in total. The van der Waals surface area contributed by atoms with E-state index in [-0.39, 0.29) is 5.91 Å². The second-order valence-electron chi connectivity index (χ2n) is 6.26. The summed E-state index contributed by atoms with van der Waals surface area (Å²) in [6.45, 7) is 3.54. The number of amides is 1. The van der Waals surface area contributed by atoms with Crippen LogP contribution in [0.1, 0.15) is 25.0 Å². The Morgan fingerprint density at radius 3 is 2.42 bits per heavy atom. The Kier molecular flexibility index (Phi) is 4.06.